The Morgan fingerprint density at radius 2 is 0.833 bits per heavy atom. The van der Waals surface area contributed by atoms with Gasteiger partial charge in [0.05, 0.1) is 26.4 Å². The molecular formula is C32H40N2O8. The van der Waals surface area contributed by atoms with Crippen molar-refractivity contribution in [3.05, 3.63) is 0 Å². The molecule has 10 nitrogen and oxygen atoms in total. The first kappa shape index (κ1) is 37.3. The molecule has 0 atom stereocenters. The molecule has 0 radical (unpaired) electrons. The predicted octanol–water partition coefficient (Wildman–Crippen LogP) is 3.48. The lowest BCUT2D eigenvalue weighted by molar-refractivity contribution is -0.143. The van der Waals surface area contributed by atoms with Crippen molar-refractivity contribution in [3.63, 3.8) is 0 Å². The van der Waals surface area contributed by atoms with E-state index in [4.69, 9.17) is 18.9 Å². The maximum atomic E-state index is 11.5. The average Bonchev–Trinajstić information content (AvgIpc) is 2.98. The third-order valence-electron chi connectivity index (χ3n) is 4.75. The molecule has 2 N–H and O–H groups in total. The second-order valence-corrected chi connectivity index (χ2v) is 8.39. The Balaban J connectivity index is 3.78. The van der Waals surface area contributed by atoms with E-state index in [0.29, 0.717) is 38.9 Å². The molecule has 226 valence electrons. The van der Waals surface area contributed by atoms with Gasteiger partial charge in [0.15, 0.2) is 0 Å². The van der Waals surface area contributed by atoms with Crippen LogP contribution < -0.4 is 10.6 Å². The van der Waals surface area contributed by atoms with Crippen LogP contribution in [0.15, 0.2) is 0 Å². The minimum atomic E-state index is -0.656. The van der Waals surface area contributed by atoms with E-state index in [1.54, 1.807) is 0 Å². The highest BCUT2D eigenvalue weighted by Gasteiger charge is 2.07. The third-order valence-corrected chi connectivity index (χ3v) is 4.75. The van der Waals surface area contributed by atoms with Crippen LogP contribution in [-0.2, 0) is 28.5 Å². The number of carbonyl (C=O) groups excluding carboxylic acids is 4. The largest absolute Gasteiger partial charge is 0.464 e. The van der Waals surface area contributed by atoms with Gasteiger partial charge in [-0.1, -0.05) is 38.5 Å². The van der Waals surface area contributed by atoms with Gasteiger partial charge in [-0.05, 0) is 85.9 Å². The van der Waals surface area contributed by atoms with Gasteiger partial charge in [-0.2, -0.15) is 0 Å². The minimum absolute atomic E-state index is 0.211. The van der Waals surface area contributed by atoms with Crippen LogP contribution in [0.4, 0.5) is 9.59 Å². The van der Waals surface area contributed by atoms with Crippen LogP contribution in [0, 0.1) is 59.2 Å². The number of carbonyl (C=O) groups is 4. The van der Waals surface area contributed by atoms with E-state index >= 15 is 0 Å². The molecule has 2 amide bonds. The Hall–Kier alpha value is -4.72. The van der Waals surface area contributed by atoms with Crippen LogP contribution in [0.2, 0.25) is 0 Å². The third kappa shape index (κ3) is 28.3. The summed E-state index contributed by atoms with van der Waals surface area (Å²) in [5.41, 5.74) is 0. The van der Waals surface area contributed by atoms with E-state index in [1.807, 2.05) is 13.8 Å². The van der Waals surface area contributed by atoms with Crippen LogP contribution in [0.25, 0.3) is 0 Å². The molecule has 0 bridgehead atoms. The van der Waals surface area contributed by atoms with Gasteiger partial charge in [-0.3, -0.25) is 9.59 Å². The fourth-order valence-electron chi connectivity index (χ4n) is 2.52. The number of ether oxygens (including phenoxy) is 4. The highest BCUT2D eigenvalue weighted by atomic mass is 16.6. The predicted molar refractivity (Wildman–Crippen MR) is 157 cm³/mol. The van der Waals surface area contributed by atoms with Gasteiger partial charge >= 0.3 is 24.1 Å². The number of alkyl carbamates (subject to hydrolysis) is 2. The summed E-state index contributed by atoms with van der Waals surface area (Å²) in [5, 5.41) is 4.69. The number of unbranched alkanes of at least 4 members (excludes halogenated alkanes) is 6. The molecule has 0 aliphatic heterocycles. The molecule has 42 heavy (non-hydrogen) atoms. The lowest BCUT2D eigenvalue weighted by Gasteiger charge is -2.06. The van der Waals surface area contributed by atoms with Gasteiger partial charge < -0.3 is 29.6 Å². The fourth-order valence-corrected chi connectivity index (χ4v) is 2.52. The Bertz CT molecular complexity index is 1050. The normalized spacial score (nSPS) is 8.71. The molecule has 0 fully saturated rings. The summed E-state index contributed by atoms with van der Waals surface area (Å²) in [6.45, 7) is 4.71. The van der Waals surface area contributed by atoms with Crippen molar-refractivity contribution in [1.82, 2.24) is 10.6 Å². The van der Waals surface area contributed by atoms with E-state index in [2.05, 4.69) is 69.8 Å². The molecule has 0 aromatic rings. The molecule has 0 heterocycles. The summed E-state index contributed by atoms with van der Waals surface area (Å²) in [6, 6.07) is 0. The molecule has 0 aromatic carbocycles. The Morgan fingerprint density at radius 3 is 1.21 bits per heavy atom. The Morgan fingerprint density at radius 1 is 0.476 bits per heavy atom. The molecule has 0 aliphatic carbocycles. The zero-order chi connectivity index (χ0) is 30.9. The monoisotopic (exact) mass is 580 g/mol. The van der Waals surface area contributed by atoms with Gasteiger partial charge in [0.1, 0.15) is 13.1 Å². The van der Waals surface area contributed by atoms with E-state index in [0.717, 1.165) is 38.5 Å². The van der Waals surface area contributed by atoms with Gasteiger partial charge in [-0.25, -0.2) is 9.59 Å². The number of hydrogen-bond donors (Lipinski definition) is 2. The Kier molecular flexibility index (Phi) is 26.0. The first-order chi connectivity index (χ1) is 20.5. The van der Waals surface area contributed by atoms with Crippen LogP contribution in [0.5, 0.6) is 0 Å². The maximum absolute atomic E-state index is 11.5. The Labute approximate surface area is 249 Å². The summed E-state index contributed by atoms with van der Waals surface area (Å²) in [7, 11) is 0. The van der Waals surface area contributed by atoms with Crippen molar-refractivity contribution < 1.29 is 38.1 Å². The van der Waals surface area contributed by atoms with Gasteiger partial charge in [-0.15, -0.1) is 0 Å². The average molecular weight is 581 g/mol. The molecule has 0 saturated carbocycles. The zero-order valence-electron chi connectivity index (χ0n) is 24.6. The van der Waals surface area contributed by atoms with Gasteiger partial charge in [0.2, 0.25) is 0 Å². The first-order valence-electron chi connectivity index (χ1n) is 14.1. The molecule has 0 rings (SSSR count). The summed E-state index contributed by atoms with van der Waals surface area (Å²) in [6.07, 6.45) is 6.05. The molecule has 0 spiro atoms. The molecule has 0 aliphatic rings. The van der Waals surface area contributed by atoms with Gasteiger partial charge in [0.25, 0.3) is 0 Å². The van der Waals surface area contributed by atoms with Crippen molar-refractivity contribution in [2.75, 3.05) is 39.5 Å². The first-order valence-corrected chi connectivity index (χ1v) is 14.1. The number of hydrogen-bond acceptors (Lipinski definition) is 8. The fraction of sp³-hybridized carbons (Fsp3) is 0.562. The molecule has 0 unspecified atom stereocenters. The number of nitrogens with one attached hydrogen (secondary N) is 2. The molecule has 0 aromatic heterocycles. The summed E-state index contributed by atoms with van der Waals surface area (Å²) >= 11 is 0. The van der Waals surface area contributed by atoms with E-state index < -0.39 is 24.1 Å². The SMILES string of the molecule is CCCCOC(=O)CNC(=O)OCCCCC#CC#CC#CC#CC#CCCCCOC(=O)NCC(=O)OCCCC. The highest BCUT2D eigenvalue weighted by molar-refractivity contribution is 5.78. The van der Waals surface area contributed by atoms with Crippen LogP contribution in [0.1, 0.15) is 78.1 Å². The lowest BCUT2D eigenvalue weighted by atomic mass is 10.2. The molecule has 10 heteroatoms. The summed E-state index contributed by atoms with van der Waals surface area (Å²) < 4.78 is 19.8. The smallest absolute Gasteiger partial charge is 0.407 e. The van der Waals surface area contributed by atoms with E-state index in [1.165, 1.54) is 0 Å². The molecular weight excluding hydrogens is 540 g/mol. The van der Waals surface area contributed by atoms with Gasteiger partial charge in [0, 0.05) is 12.8 Å². The van der Waals surface area contributed by atoms with Crippen molar-refractivity contribution in [3.8, 4) is 59.2 Å². The van der Waals surface area contributed by atoms with Crippen molar-refractivity contribution in [2.24, 2.45) is 0 Å². The van der Waals surface area contributed by atoms with Crippen LogP contribution in [-0.4, -0.2) is 63.6 Å². The van der Waals surface area contributed by atoms with Crippen molar-refractivity contribution >= 4 is 24.1 Å². The van der Waals surface area contributed by atoms with E-state index in [-0.39, 0.29) is 26.3 Å². The number of rotatable bonds is 18. The lowest BCUT2D eigenvalue weighted by Crippen LogP contribution is -2.31. The van der Waals surface area contributed by atoms with E-state index in [9.17, 15) is 19.2 Å². The standard InChI is InChI=1S/C32H40N2O8/c1-3-5-23-39-29(35)27-33-31(37)41-25-21-19-17-15-13-11-9-7-8-10-12-14-16-18-20-22-26-42-32(38)34-28-30(36)40-24-6-4-2/h3-6,17-28H2,1-2H3,(H,33,37)(H,34,38). The van der Waals surface area contributed by atoms with Crippen molar-refractivity contribution in [2.45, 2.75) is 78.1 Å². The quantitative estimate of drug-likeness (QED) is 0.109. The zero-order valence-corrected chi connectivity index (χ0v) is 24.6. The number of esters is 2. The minimum Gasteiger partial charge on any atom is -0.464 e. The van der Waals surface area contributed by atoms with Crippen molar-refractivity contribution in [1.29, 1.82) is 0 Å². The summed E-state index contributed by atoms with van der Waals surface area (Å²) in [4.78, 5) is 45.7. The maximum Gasteiger partial charge on any atom is 0.407 e. The summed E-state index contributed by atoms with van der Waals surface area (Å²) in [5.74, 6) is 25.7. The number of amides is 2. The van der Waals surface area contributed by atoms with Crippen LogP contribution >= 0.6 is 0 Å². The topological polar surface area (TPSA) is 129 Å². The second-order valence-electron chi connectivity index (χ2n) is 8.39. The second kappa shape index (κ2) is 29.3. The highest BCUT2D eigenvalue weighted by Crippen LogP contribution is 1.96. The van der Waals surface area contributed by atoms with Crippen LogP contribution in [0.3, 0.4) is 0 Å². The molecule has 0 saturated heterocycles.